The van der Waals surface area contributed by atoms with Crippen molar-refractivity contribution in [3.8, 4) is 0 Å². The van der Waals surface area contributed by atoms with Crippen molar-refractivity contribution in [3.05, 3.63) is 36.0 Å². The third kappa shape index (κ3) is 2.53. The lowest BCUT2D eigenvalue weighted by atomic mass is 10.1. The van der Waals surface area contributed by atoms with E-state index in [0.717, 1.165) is 13.0 Å². The summed E-state index contributed by atoms with van der Waals surface area (Å²) in [6, 6.07) is 9.46. The van der Waals surface area contributed by atoms with Crippen molar-refractivity contribution in [3.63, 3.8) is 0 Å². The minimum absolute atomic E-state index is 0.368. The quantitative estimate of drug-likeness (QED) is 0.884. The Morgan fingerprint density at radius 2 is 2.16 bits per heavy atom. The van der Waals surface area contributed by atoms with Gasteiger partial charge in [-0.25, -0.2) is 0 Å². The number of hydrogen-bond acceptors (Lipinski definition) is 2. The normalized spacial score (nSPS) is 23.5. The monoisotopic (exact) mass is 257 g/mol. The van der Waals surface area contributed by atoms with Gasteiger partial charge in [0.1, 0.15) is 0 Å². The van der Waals surface area contributed by atoms with Crippen LogP contribution in [-0.4, -0.2) is 35.6 Å². The summed E-state index contributed by atoms with van der Waals surface area (Å²) in [4.78, 5) is 5.79. The first-order valence-electron chi connectivity index (χ1n) is 7.26. The molecule has 0 bridgehead atoms. The fourth-order valence-electron chi connectivity index (χ4n) is 3.32. The summed E-state index contributed by atoms with van der Waals surface area (Å²) < 4.78 is 0. The molecule has 2 aromatic rings. The minimum Gasteiger partial charge on any atom is -0.361 e. The topological polar surface area (TPSA) is 45.0 Å². The average Bonchev–Trinajstić information content (AvgIpc) is 3.02. The zero-order chi connectivity index (χ0) is 13.2. The molecule has 1 aromatic carbocycles. The molecule has 2 atom stereocenters. The highest BCUT2D eigenvalue weighted by Crippen LogP contribution is 2.23. The van der Waals surface area contributed by atoms with Crippen molar-refractivity contribution in [2.75, 3.05) is 13.6 Å². The van der Waals surface area contributed by atoms with Gasteiger partial charge in [0.05, 0.1) is 0 Å². The summed E-state index contributed by atoms with van der Waals surface area (Å²) >= 11 is 0. The maximum atomic E-state index is 6.17. The molecule has 102 valence electrons. The molecule has 1 aliphatic carbocycles. The SMILES string of the molecule is CN(CCc1c[nH]c2ccccc12)C1CCCC1N. The highest BCUT2D eigenvalue weighted by Gasteiger charge is 2.27. The van der Waals surface area contributed by atoms with Crippen LogP contribution >= 0.6 is 0 Å². The van der Waals surface area contributed by atoms with Crippen LogP contribution in [0.25, 0.3) is 10.9 Å². The number of aromatic nitrogens is 1. The first-order valence-corrected chi connectivity index (χ1v) is 7.26. The second-order valence-electron chi connectivity index (χ2n) is 5.75. The molecule has 1 aliphatic rings. The molecule has 0 radical (unpaired) electrons. The van der Waals surface area contributed by atoms with Crippen molar-refractivity contribution in [2.45, 2.75) is 37.8 Å². The van der Waals surface area contributed by atoms with Crippen molar-refractivity contribution >= 4 is 10.9 Å². The molecule has 1 saturated carbocycles. The Labute approximate surface area is 114 Å². The lowest BCUT2D eigenvalue weighted by Gasteiger charge is -2.27. The number of para-hydroxylation sites is 1. The van der Waals surface area contributed by atoms with E-state index in [-0.39, 0.29) is 0 Å². The number of fused-ring (bicyclic) bond motifs is 1. The van der Waals surface area contributed by atoms with Gasteiger partial charge in [0.15, 0.2) is 0 Å². The van der Waals surface area contributed by atoms with Crippen LogP contribution in [0.15, 0.2) is 30.5 Å². The molecule has 3 heteroatoms. The fraction of sp³-hybridized carbons (Fsp3) is 0.500. The molecule has 3 rings (SSSR count). The number of likely N-dealkylation sites (N-methyl/N-ethyl adjacent to an activating group) is 1. The first kappa shape index (κ1) is 12.7. The summed E-state index contributed by atoms with van der Waals surface area (Å²) in [6.07, 6.45) is 6.95. The molecular formula is C16H23N3. The summed E-state index contributed by atoms with van der Waals surface area (Å²) in [5, 5.41) is 1.35. The van der Waals surface area contributed by atoms with Crippen LogP contribution in [0, 0.1) is 0 Å². The van der Waals surface area contributed by atoms with Gasteiger partial charge in [-0.1, -0.05) is 24.6 Å². The number of nitrogens with one attached hydrogen (secondary N) is 1. The Morgan fingerprint density at radius 1 is 1.32 bits per heavy atom. The van der Waals surface area contributed by atoms with E-state index in [4.69, 9.17) is 5.73 Å². The summed E-state index contributed by atoms with van der Waals surface area (Å²) in [5.74, 6) is 0. The third-order valence-electron chi connectivity index (χ3n) is 4.51. The van der Waals surface area contributed by atoms with Crippen molar-refractivity contribution < 1.29 is 0 Å². The number of hydrogen-bond donors (Lipinski definition) is 2. The van der Waals surface area contributed by atoms with Gasteiger partial charge in [-0.3, -0.25) is 0 Å². The van der Waals surface area contributed by atoms with Crippen LogP contribution in [0.2, 0.25) is 0 Å². The van der Waals surface area contributed by atoms with Crippen molar-refractivity contribution in [1.82, 2.24) is 9.88 Å². The Hall–Kier alpha value is -1.32. The van der Waals surface area contributed by atoms with E-state index in [1.54, 1.807) is 0 Å². The van der Waals surface area contributed by atoms with Crippen LogP contribution in [0.1, 0.15) is 24.8 Å². The van der Waals surface area contributed by atoms with Gasteiger partial charge in [-0.15, -0.1) is 0 Å². The van der Waals surface area contributed by atoms with E-state index in [1.165, 1.54) is 35.7 Å². The van der Waals surface area contributed by atoms with Crippen LogP contribution in [0.5, 0.6) is 0 Å². The van der Waals surface area contributed by atoms with Gasteiger partial charge in [-0.2, -0.15) is 0 Å². The van der Waals surface area contributed by atoms with E-state index < -0.39 is 0 Å². The van der Waals surface area contributed by atoms with E-state index in [0.29, 0.717) is 12.1 Å². The Morgan fingerprint density at radius 3 is 2.95 bits per heavy atom. The van der Waals surface area contributed by atoms with Crippen LogP contribution < -0.4 is 5.73 Å². The molecule has 0 saturated heterocycles. The lowest BCUT2D eigenvalue weighted by molar-refractivity contribution is 0.231. The largest absolute Gasteiger partial charge is 0.361 e. The van der Waals surface area contributed by atoms with Gasteiger partial charge >= 0.3 is 0 Å². The Kier molecular flexibility index (Phi) is 3.58. The molecule has 1 aromatic heterocycles. The second kappa shape index (κ2) is 5.35. The molecule has 3 N–H and O–H groups in total. The maximum absolute atomic E-state index is 6.17. The fourth-order valence-corrected chi connectivity index (χ4v) is 3.32. The molecule has 0 spiro atoms. The maximum Gasteiger partial charge on any atom is 0.0456 e. The van der Waals surface area contributed by atoms with Crippen LogP contribution in [-0.2, 0) is 6.42 Å². The van der Waals surface area contributed by atoms with Gasteiger partial charge in [0.2, 0.25) is 0 Å². The standard InChI is InChI=1S/C16H23N3/c1-19(16-8-4-6-14(16)17)10-9-12-11-18-15-7-3-2-5-13(12)15/h2-3,5,7,11,14,16,18H,4,6,8-10,17H2,1H3. The van der Waals surface area contributed by atoms with Crippen molar-refractivity contribution in [1.29, 1.82) is 0 Å². The molecule has 19 heavy (non-hydrogen) atoms. The predicted molar refractivity (Wildman–Crippen MR) is 80.2 cm³/mol. The number of benzene rings is 1. The molecule has 1 fully saturated rings. The van der Waals surface area contributed by atoms with E-state index in [1.807, 2.05) is 0 Å². The van der Waals surface area contributed by atoms with Crippen molar-refractivity contribution in [2.24, 2.45) is 5.73 Å². The highest BCUT2D eigenvalue weighted by molar-refractivity contribution is 5.83. The number of rotatable bonds is 4. The summed E-state index contributed by atoms with van der Waals surface area (Å²) in [7, 11) is 2.21. The highest BCUT2D eigenvalue weighted by atomic mass is 15.1. The average molecular weight is 257 g/mol. The molecule has 1 heterocycles. The Bertz CT molecular complexity index is 546. The molecule has 0 amide bonds. The second-order valence-corrected chi connectivity index (χ2v) is 5.75. The lowest BCUT2D eigenvalue weighted by Crippen LogP contribution is -2.42. The first-order chi connectivity index (χ1) is 9.25. The molecular weight excluding hydrogens is 234 g/mol. The molecule has 2 unspecified atom stereocenters. The predicted octanol–water partition coefficient (Wildman–Crippen LogP) is 2.52. The van der Waals surface area contributed by atoms with Crippen LogP contribution in [0.3, 0.4) is 0 Å². The van der Waals surface area contributed by atoms with E-state index >= 15 is 0 Å². The number of nitrogens with zero attached hydrogens (tertiary/aromatic N) is 1. The molecule has 3 nitrogen and oxygen atoms in total. The summed E-state index contributed by atoms with van der Waals surface area (Å²) in [5.41, 5.74) is 8.82. The van der Waals surface area contributed by atoms with Gasteiger partial charge < -0.3 is 15.6 Å². The van der Waals surface area contributed by atoms with E-state index in [9.17, 15) is 0 Å². The molecule has 0 aliphatic heterocycles. The zero-order valence-corrected chi connectivity index (χ0v) is 11.6. The third-order valence-corrected chi connectivity index (χ3v) is 4.51. The van der Waals surface area contributed by atoms with E-state index in [2.05, 4.69) is 47.4 Å². The van der Waals surface area contributed by atoms with Gasteiger partial charge in [0.25, 0.3) is 0 Å². The Balaban J connectivity index is 1.65. The number of nitrogens with two attached hydrogens (primary N) is 1. The number of H-pyrrole nitrogens is 1. The van der Waals surface area contributed by atoms with Crippen LogP contribution in [0.4, 0.5) is 0 Å². The van der Waals surface area contributed by atoms with Gasteiger partial charge in [-0.05, 0) is 37.9 Å². The number of aromatic amines is 1. The van der Waals surface area contributed by atoms with Gasteiger partial charge in [0, 0.05) is 35.7 Å². The summed E-state index contributed by atoms with van der Waals surface area (Å²) in [6.45, 7) is 1.08. The zero-order valence-electron chi connectivity index (χ0n) is 11.6. The smallest absolute Gasteiger partial charge is 0.0456 e. The minimum atomic E-state index is 0.368.